The quantitative estimate of drug-likeness (QED) is 0.642. The number of carbonyl (C=O) groups is 1. The third kappa shape index (κ3) is 1.96. The fourth-order valence-corrected chi connectivity index (χ4v) is 2.12. The van der Waals surface area contributed by atoms with Crippen molar-refractivity contribution in [2.24, 2.45) is 0 Å². The summed E-state index contributed by atoms with van der Waals surface area (Å²) >= 11 is 5.84. The Balaban J connectivity index is 2.19. The standard InChI is InChI=1S/C13H7ClN2O4/c14-7-4-5-10-8(6-7)13(17)15-12-9(16(18)19)2-1-3-11(12)20-10/h1-6H,(H,15,17). The largest absolute Gasteiger partial charge is 0.454 e. The van der Waals surface area contributed by atoms with Crippen LogP contribution in [-0.2, 0) is 0 Å². The maximum absolute atomic E-state index is 12.1. The molecule has 0 radical (unpaired) electrons. The summed E-state index contributed by atoms with van der Waals surface area (Å²) in [4.78, 5) is 22.5. The van der Waals surface area contributed by atoms with Gasteiger partial charge in [-0.2, -0.15) is 0 Å². The predicted molar refractivity (Wildman–Crippen MR) is 72.6 cm³/mol. The predicted octanol–water partition coefficient (Wildman–Crippen LogP) is 3.61. The Kier molecular flexibility index (Phi) is 2.80. The molecule has 1 aliphatic rings. The van der Waals surface area contributed by atoms with E-state index < -0.39 is 10.8 Å². The second-order valence-electron chi connectivity index (χ2n) is 4.10. The van der Waals surface area contributed by atoms with E-state index in [0.29, 0.717) is 10.8 Å². The minimum Gasteiger partial charge on any atom is -0.454 e. The average molecular weight is 291 g/mol. The van der Waals surface area contributed by atoms with Gasteiger partial charge in [0.1, 0.15) is 5.75 Å². The molecule has 2 aromatic carbocycles. The van der Waals surface area contributed by atoms with E-state index in [0.717, 1.165) is 0 Å². The van der Waals surface area contributed by atoms with Crippen molar-refractivity contribution >= 4 is 28.9 Å². The van der Waals surface area contributed by atoms with E-state index in [1.54, 1.807) is 18.2 Å². The van der Waals surface area contributed by atoms with Gasteiger partial charge in [0.2, 0.25) is 0 Å². The Hall–Kier alpha value is -2.60. The fourth-order valence-electron chi connectivity index (χ4n) is 1.95. The molecule has 0 aromatic heterocycles. The number of hydrogen-bond donors (Lipinski definition) is 1. The van der Waals surface area contributed by atoms with E-state index in [2.05, 4.69) is 5.32 Å². The number of carbonyl (C=O) groups excluding carboxylic acids is 1. The third-order valence-electron chi connectivity index (χ3n) is 2.85. The van der Waals surface area contributed by atoms with E-state index in [9.17, 15) is 14.9 Å². The number of ether oxygens (including phenoxy) is 1. The monoisotopic (exact) mass is 290 g/mol. The van der Waals surface area contributed by atoms with Crippen molar-refractivity contribution in [2.45, 2.75) is 0 Å². The summed E-state index contributed by atoms with van der Waals surface area (Å²) in [5, 5.41) is 13.9. The number of fused-ring (bicyclic) bond motifs is 2. The minimum atomic E-state index is -0.578. The van der Waals surface area contributed by atoms with E-state index >= 15 is 0 Å². The van der Waals surface area contributed by atoms with Crippen molar-refractivity contribution in [1.29, 1.82) is 0 Å². The highest BCUT2D eigenvalue weighted by molar-refractivity contribution is 6.31. The number of nitrogens with zero attached hydrogens (tertiary/aromatic N) is 1. The Labute approximate surface area is 118 Å². The van der Waals surface area contributed by atoms with Crippen molar-refractivity contribution in [3.63, 3.8) is 0 Å². The maximum Gasteiger partial charge on any atom is 0.296 e. The topological polar surface area (TPSA) is 81.5 Å². The molecule has 100 valence electrons. The highest BCUT2D eigenvalue weighted by Crippen LogP contribution is 2.41. The first-order chi connectivity index (χ1) is 9.56. The zero-order valence-corrected chi connectivity index (χ0v) is 10.7. The van der Waals surface area contributed by atoms with Crippen LogP contribution in [0.4, 0.5) is 11.4 Å². The van der Waals surface area contributed by atoms with Crippen LogP contribution in [-0.4, -0.2) is 10.8 Å². The number of nitro benzene ring substituents is 1. The number of anilines is 1. The summed E-state index contributed by atoms with van der Waals surface area (Å²) < 4.78 is 5.57. The lowest BCUT2D eigenvalue weighted by molar-refractivity contribution is -0.384. The normalized spacial score (nSPS) is 12.6. The van der Waals surface area contributed by atoms with Gasteiger partial charge in [-0.15, -0.1) is 0 Å². The lowest BCUT2D eigenvalue weighted by atomic mass is 10.2. The molecule has 0 unspecified atom stereocenters. The number of rotatable bonds is 1. The highest BCUT2D eigenvalue weighted by atomic mass is 35.5. The van der Waals surface area contributed by atoms with E-state index in [1.165, 1.54) is 18.2 Å². The molecule has 0 saturated carbocycles. The second-order valence-corrected chi connectivity index (χ2v) is 4.54. The van der Waals surface area contributed by atoms with Crippen LogP contribution in [0.15, 0.2) is 36.4 Å². The molecule has 0 fully saturated rings. The van der Waals surface area contributed by atoms with E-state index in [-0.39, 0.29) is 22.7 Å². The molecule has 2 aromatic rings. The third-order valence-corrected chi connectivity index (χ3v) is 3.08. The van der Waals surface area contributed by atoms with Crippen LogP contribution in [0.5, 0.6) is 11.5 Å². The summed E-state index contributed by atoms with van der Waals surface area (Å²) in [5.74, 6) is 0.00956. The fraction of sp³-hybridized carbons (Fsp3) is 0. The summed E-state index contributed by atoms with van der Waals surface area (Å²) in [5.41, 5.74) is 0.0348. The number of amides is 1. The zero-order valence-electron chi connectivity index (χ0n) is 9.92. The molecule has 0 saturated heterocycles. The van der Waals surface area contributed by atoms with Crippen molar-refractivity contribution < 1.29 is 14.5 Å². The number of benzene rings is 2. The number of hydrogen-bond acceptors (Lipinski definition) is 4. The number of nitro groups is 1. The molecule has 6 nitrogen and oxygen atoms in total. The number of halogens is 1. The molecule has 0 aliphatic carbocycles. The molecule has 0 bridgehead atoms. The molecule has 3 rings (SSSR count). The Morgan fingerprint density at radius 3 is 2.75 bits per heavy atom. The summed E-state index contributed by atoms with van der Waals surface area (Å²) in [7, 11) is 0. The van der Waals surface area contributed by atoms with Crippen LogP contribution in [0.2, 0.25) is 5.02 Å². The maximum atomic E-state index is 12.1. The van der Waals surface area contributed by atoms with Crippen LogP contribution >= 0.6 is 11.6 Å². The molecule has 20 heavy (non-hydrogen) atoms. The summed E-state index contributed by atoms with van der Waals surface area (Å²) in [6, 6.07) is 8.91. The van der Waals surface area contributed by atoms with Crippen LogP contribution in [0.1, 0.15) is 10.4 Å². The van der Waals surface area contributed by atoms with Crippen molar-refractivity contribution in [1.82, 2.24) is 0 Å². The number of para-hydroxylation sites is 1. The van der Waals surface area contributed by atoms with Gasteiger partial charge >= 0.3 is 0 Å². The molecule has 7 heteroatoms. The van der Waals surface area contributed by atoms with Gasteiger partial charge in [-0.25, -0.2) is 0 Å². The zero-order chi connectivity index (χ0) is 14.3. The van der Waals surface area contributed by atoms with Gasteiger partial charge in [0.15, 0.2) is 11.4 Å². The molecule has 1 N–H and O–H groups in total. The van der Waals surface area contributed by atoms with Gasteiger partial charge in [0.25, 0.3) is 11.6 Å². The Bertz CT molecular complexity index is 745. The smallest absolute Gasteiger partial charge is 0.296 e. The van der Waals surface area contributed by atoms with Crippen molar-refractivity contribution in [2.75, 3.05) is 5.32 Å². The highest BCUT2D eigenvalue weighted by Gasteiger charge is 2.27. The summed E-state index contributed by atoms with van der Waals surface area (Å²) in [6.45, 7) is 0. The van der Waals surface area contributed by atoms with Crippen LogP contribution in [0.25, 0.3) is 0 Å². The van der Waals surface area contributed by atoms with Crippen LogP contribution < -0.4 is 10.1 Å². The molecule has 1 amide bonds. The van der Waals surface area contributed by atoms with E-state index in [1.807, 2.05) is 0 Å². The van der Waals surface area contributed by atoms with Gasteiger partial charge in [-0.05, 0) is 24.3 Å². The number of nitrogens with one attached hydrogen (secondary N) is 1. The first-order valence-electron chi connectivity index (χ1n) is 5.62. The first-order valence-corrected chi connectivity index (χ1v) is 6.00. The lowest BCUT2D eigenvalue weighted by Crippen LogP contribution is -2.11. The average Bonchev–Trinajstić information content (AvgIpc) is 2.55. The Morgan fingerprint density at radius 1 is 1.20 bits per heavy atom. The second kappa shape index (κ2) is 4.50. The van der Waals surface area contributed by atoms with Gasteiger partial charge in [-0.3, -0.25) is 14.9 Å². The molecule has 0 atom stereocenters. The molecule has 0 spiro atoms. The van der Waals surface area contributed by atoms with E-state index in [4.69, 9.17) is 16.3 Å². The minimum absolute atomic E-state index is 0.0369. The first kappa shape index (κ1) is 12.4. The molecule has 1 heterocycles. The van der Waals surface area contributed by atoms with Gasteiger partial charge in [0, 0.05) is 11.1 Å². The van der Waals surface area contributed by atoms with Crippen LogP contribution in [0, 0.1) is 10.1 Å². The Morgan fingerprint density at radius 2 is 2.00 bits per heavy atom. The molecule has 1 aliphatic heterocycles. The van der Waals surface area contributed by atoms with Gasteiger partial charge in [0.05, 0.1) is 10.5 Å². The van der Waals surface area contributed by atoms with Crippen LogP contribution in [0.3, 0.4) is 0 Å². The van der Waals surface area contributed by atoms with Crippen molar-refractivity contribution in [3.05, 3.63) is 57.1 Å². The molecular weight excluding hydrogens is 284 g/mol. The molecular formula is C13H7ClN2O4. The van der Waals surface area contributed by atoms with Crippen molar-refractivity contribution in [3.8, 4) is 11.5 Å². The lowest BCUT2D eigenvalue weighted by Gasteiger charge is -2.07. The van der Waals surface area contributed by atoms with Gasteiger partial charge < -0.3 is 10.1 Å². The van der Waals surface area contributed by atoms with Gasteiger partial charge in [-0.1, -0.05) is 17.7 Å². The summed E-state index contributed by atoms with van der Waals surface area (Å²) in [6.07, 6.45) is 0. The SMILES string of the molecule is O=C1Nc2c(cccc2[N+](=O)[O-])Oc2ccc(Cl)cc21.